The fraction of sp³-hybridized carbons (Fsp3) is 0.667. The Morgan fingerprint density at radius 2 is 2.32 bits per heavy atom. The zero-order chi connectivity index (χ0) is 15.3. The number of rotatable bonds is 5. The summed E-state index contributed by atoms with van der Waals surface area (Å²) >= 11 is -0.150. The van der Waals surface area contributed by atoms with Gasteiger partial charge in [0.15, 0.2) is 0 Å². The second kappa shape index (κ2) is 8.64. The van der Waals surface area contributed by atoms with Crippen LogP contribution in [0.1, 0.15) is 29.4 Å². The Kier molecular flexibility index (Phi) is 7.51. The van der Waals surface area contributed by atoms with Crippen LogP contribution in [0.5, 0.6) is 0 Å². The first-order chi connectivity index (χ1) is 9.96. The number of nitrogens with zero attached hydrogens (tertiary/aromatic N) is 2. The average Bonchev–Trinajstić information content (AvgIpc) is 2.93. The van der Waals surface area contributed by atoms with Crippen LogP contribution in [0.25, 0.3) is 0 Å². The predicted octanol–water partition coefficient (Wildman–Crippen LogP) is 2.21. The molecule has 0 aromatic carbocycles. The SMILES string of the molecule is Cl.O=C(NCCSC(F)(F)F)c1ccn(C2CCCNC2)n1. The van der Waals surface area contributed by atoms with E-state index >= 15 is 0 Å². The van der Waals surface area contributed by atoms with E-state index in [0.717, 1.165) is 25.9 Å². The Morgan fingerprint density at radius 1 is 1.55 bits per heavy atom. The molecule has 1 fully saturated rings. The van der Waals surface area contributed by atoms with Gasteiger partial charge in [-0.3, -0.25) is 9.48 Å². The fourth-order valence-electron chi connectivity index (χ4n) is 2.14. The molecule has 2 heterocycles. The molecule has 1 amide bonds. The highest BCUT2D eigenvalue weighted by Gasteiger charge is 2.27. The lowest BCUT2D eigenvalue weighted by Crippen LogP contribution is -2.32. The van der Waals surface area contributed by atoms with Crippen LogP contribution in [0.15, 0.2) is 12.3 Å². The highest BCUT2D eigenvalue weighted by atomic mass is 35.5. The minimum Gasteiger partial charge on any atom is -0.350 e. The van der Waals surface area contributed by atoms with Crippen molar-refractivity contribution in [2.24, 2.45) is 0 Å². The molecular formula is C12H18ClF3N4OS. The van der Waals surface area contributed by atoms with Crippen molar-refractivity contribution in [2.45, 2.75) is 24.4 Å². The molecule has 2 rings (SSSR count). The first-order valence-corrected chi connectivity index (χ1v) is 7.69. The summed E-state index contributed by atoms with van der Waals surface area (Å²) in [6.07, 6.45) is 3.79. The van der Waals surface area contributed by atoms with E-state index in [9.17, 15) is 18.0 Å². The highest BCUT2D eigenvalue weighted by molar-refractivity contribution is 8.00. The van der Waals surface area contributed by atoms with E-state index in [0.29, 0.717) is 0 Å². The summed E-state index contributed by atoms with van der Waals surface area (Å²) < 4.78 is 37.6. The number of alkyl halides is 3. The summed E-state index contributed by atoms with van der Waals surface area (Å²) in [6, 6.07) is 1.81. The van der Waals surface area contributed by atoms with Crippen LogP contribution < -0.4 is 10.6 Å². The van der Waals surface area contributed by atoms with Crippen molar-refractivity contribution in [1.82, 2.24) is 20.4 Å². The van der Waals surface area contributed by atoms with Gasteiger partial charge in [-0.2, -0.15) is 18.3 Å². The van der Waals surface area contributed by atoms with Gasteiger partial charge in [-0.05, 0) is 37.2 Å². The Balaban J connectivity index is 0.00000242. The molecule has 5 nitrogen and oxygen atoms in total. The summed E-state index contributed by atoms with van der Waals surface area (Å²) in [5.41, 5.74) is -4.03. The molecule has 2 N–H and O–H groups in total. The monoisotopic (exact) mass is 358 g/mol. The van der Waals surface area contributed by atoms with Gasteiger partial charge in [0.1, 0.15) is 5.69 Å². The van der Waals surface area contributed by atoms with Crippen LogP contribution in [0.4, 0.5) is 13.2 Å². The largest absolute Gasteiger partial charge is 0.441 e. The van der Waals surface area contributed by atoms with Crippen molar-refractivity contribution >= 4 is 30.1 Å². The number of amides is 1. The Morgan fingerprint density at radius 3 is 2.95 bits per heavy atom. The second-order valence-corrected chi connectivity index (χ2v) is 5.89. The maximum atomic E-state index is 11.9. The van der Waals surface area contributed by atoms with Gasteiger partial charge < -0.3 is 10.6 Å². The standard InChI is InChI=1S/C12H17F3N4OS.ClH/c13-12(14,15)21-7-5-17-11(20)10-3-6-19(18-10)9-2-1-4-16-8-9;/h3,6,9,16H,1-2,4-5,7-8H2,(H,17,20);1H. The van der Waals surface area contributed by atoms with Gasteiger partial charge in [-0.25, -0.2) is 0 Å². The molecule has 126 valence electrons. The maximum absolute atomic E-state index is 11.9. The van der Waals surface area contributed by atoms with E-state index in [1.165, 1.54) is 0 Å². The average molecular weight is 359 g/mol. The number of hydrogen-bond donors (Lipinski definition) is 2. The number of carbonyl (C=O) groups excluding carboxylic acids is 1. The molecule has 1 atom stereocenters. The first kappa shape index (κ1) is 19.1. The molecule has 1 aromatic heterocycles. The van der Waals surface area contributed by atoms with E-state index in [-0.39, 0.29) is 48.2 Å². The quantitative estimate of drug-likeness (QED) is 0.792. The number of carbonyl (C=O) groups is 1. The van der Waals surface area contributed by atoms with Crippen LogP contribution in [0, 0.1) is 0 Å². The van der Waals surface area contributed by atoms with Crippen LogP contribution in [0.3, 0.4) is 0 Å². The number of halogens is 4. The molecule has 0 spiro atoms. The molecule has 1 aromatic rings. The lowest BCUT2D eigenvalue weighted by Gasteiger charge is -2.22. The molecule has 0 bridgehead atoms. The van der Waals surface area contributed by atoms with E-state index in [2.05, 4.69) is 15.7 Å². The zero-order valence-electron chi connectivity index (χ0n) is 11.7. The van der Waals surface area contributed by atoms with Crippen LogP contribution in [0.2, 0.25) is 0 Å². The van der Waals surface area contributed by atoms with Crippen molar-refractivity contribution in [2.75, 3.05) is 25.4 Å². The molecule has 1 aliphatic rings. The zero-order valence-corrected chi connectivity index (χ0v) is 13.4. The van der Waals surface area contributed by atoms with Crippen molar-refractivity contribution < 1.29 is 18.0 Å². The minimum absolute atomic E-state index is 0. The Hall–Kier alpha value is -0.930. The third-order valence-electron chi connectivity index (χ3n) is 3.14. The minimum atomic E-state index is -4.26. The summed E-state index contributed by atoms with van der Waals surface area (Å²) in [6.45, 7) is 1.76. The Bertz CT molecular complexity index is 477. The smallest absolute Gasteiger partial charge is 0.350 e. The molecule has 0 saturated carbocycles. The maximum Gasteiger partial charge on any atom is 0.441 e. The van der Waals surface area contributed by atoms with Gasteiger partial charge in [0.2, 0.25) is 0 Å². The lowest BCUT2D eigenvalue weighted by molar-refractivity contribution is -0.0327. The summed E-state index contributed by atoms with van der Waals surface area (Å²) in [5, 5.41) is 9.89. The van der Waals surface area contributed by atoms with Gasteiger partial charge in [0.05, 0.1) is 6.04 Å². The fourth-order valence-corrected chi connectivity index (χ4v) is 2.58. The number of nitrogens with one attached hydrogen (secondary N) is 2. The second-order valence-electron chi connectivity index (χ2n) is 4.73. The van der Waals surface area contributed by atoms with E-state index < -0.39 is 11.4 Å². The number of aromatic nitrogens is 2. The van der Waals surface area contributed by atoms with Gasteiger partial charge in [0.25, 0.3) is 5.91 Å². The van der Waals surface area contributed by atoms with Crippen molar-refractivity contribution in [3.63, 3.8) is 0 Å². The van der Waals surface area contributed by atoms with E-state index in [1.54, 1.807) is 16.9 Å². The van der Waals surface area contributed by atoms with Gasteiger partial charge in [-0.1, -0.05) is 0 Å². The summed E-state index contributed by atoms with van der Waals surface area (Å²) in [5.74, 6) is -0.650. The Labute approximate surface area is 136 Å². The third-order valence-corrected chi connectivity index (χ3v) is 3.87. The molecular weight excluding hydrogens is 341 g/mol. The topological polar surface area (TPSA) is 59.0 Å². The predicted molar refractivity (Wildman–Crippen MR) is 81.5 cm³/mol. The molecule has 1 unspecified atom stereocenters. The molecule has 0 aliphatic carbocycles. The first-order valence-electron chi connectivity index (χ1n) is 6.70. The van der Waals surface area contributed by atoms with Crippen LogP contribution >= 0.6 is 24.2 Å². The molecule has 0 radical (unpaired) electrons. The summed E-state index contributed by atoms with van der Waals surface area (Å²) in [7, 11) is 0. The van der Waals surface area contributed by atoms with Crippen molar-refractivity contribution in [3.8, 4) is 0 Å². The summed E-state index contributed by atoms with van der Waals surface area (Å²) in [4.78, 5) is 11.8. The molecule has 1 aliphatic heterocycles. The van der Waals surface area contributed by atoms with E-state index in [1.807, 2.05) is 0 Å². The third kappa shape index (κ3) is 6.05. The molecule has 10 heteroatoms. The number of piperidine rings is 1. The highest BCUT2D eigenvalue weighted by Crippen LogP contribution is 2.29. The molecule has 22 heavy (non-hydrogen) atoms. The lowest BCUT2D eigenvalue weighted by atomic mass is 10.1. The van der Waals surface area contributed by atoms with Gasteiger partial charge in [-0.15, -0.1) is 12.4 Å². The molecule has 1 saturated heterocycles. The number of hydrogen-bond acceptors (Lipinski definition) is 4. The van der Waals surface area contributed by atoms with Crippen LogP contribution in [-0.2, 0) is 0 Å². The normalized spacial score (nSPS) is 18.6. The van der Waals surface area contributed by atoms with Gasteiger partial charge >= 0.3 is 5.51 Å². The van der Waals surface area contributed by atoms with Crippen LogP contribution in [-0.4, -0.2) is 46.6 Å². The van der Waals surface area contributed by atoms with Crippen molar-refractivity contribution in [3.05, 3.63) is 18.0 Å². The van der Waals surface area contributed by atoms with E-state index in [4.69, 9.17) is 0 Å². The number of thioether (sulfide) groups is 1. The van der Waals surface area contributed by atoms with Crippen molar-refractivity contribution in [1.29, 1.82) is 0 Å². The van der Waals surface area contributed by atoms with Gasteiger partial charge in [0, 0.05) is 25.0 Å².